The fraction of sp³-hybridized carbons (Fsp3) is 0.333. The quantitative estimate of drug-likeness (QED) is 0.285. The third-order valence-corrected chi connectivity index (χ3v) is 4.47. The topological polar surface area (TPSA) is 105 Å². The van der Waals surface area contributed by atoms with E-state index in [0.29, 0.717) is 5.56 Å². The second-order valence-corrected chi connectivity index (χ2v) is 6.46. The molecule has 2 rings (SSSR count). The summed E-state index contributed by atoms with van der Waals surface area (Å²) in [7, 11) is 1.34. The number of carbonyl (C=O) groups excluding carboxylic acids is 2. The van der Waals surface area contributed by atoms with Crippen molar-refractivity contribution in [1.29, 1.82) is 0 Å². The Morgan fingerprint density at radius 3 is 2.21 bits per heavy atom. The average Bonchev–Trinajstić information content (AvgIpc) is 2.68. The van der Waals surface area contributed by atoms with Crippen LogP contribution in [0.3, 0.4) is 0 Å². The van der Waals surface area contributed by atoms with Crippen LogP contribution in [0.4, 0.5) is 5.69 Å². The number of nitrogens with zero attached hydrogens (tertiary/aromatic N) is 1. The third kappa shape index (κ3) is 4.90. The van der Waals surface area contributed by atoms with Crippen LogP contribution in [0.5, 0.6) is 11.5 Å². The number of hydrogen-bond acceptors (Lipinski definition) is 7. The number of Topliss-reactive ketones (excluding diaryl/α,β-unsaturated/α-hetero) is 1. The minimum absolute atomic E-state index is 0.122. The number of ether oxygens (including phenoxy) is 3. The largest absolute Gasteiger partial charge is 0.493 e. The van der Waals surface area contributed by atoms with Crippen LogP contribution in [0.15, 0.2) is 24.3 Å². The van der Waals surface area contributed by atoms with Crippen molar-refractivity contribution in [3.8, 4) is 11.5 Å². The van der Waals surface area contributed by atoms with Gasteiger partial charge >= 0.3 is 5.97 Å². The number of hydrogen-bond donors (Lipinski definition) is 0. The van der Waals surface area contributed by atoms with Crippen molar-refractivity contribution in [3.05, 3.63) is 62.2 Å². The highest BCUT2D eigenvalue weighted by molar-refractivity contribution is 6.01. The summed E-state index contributed by atoms with van der Waals surface area (Å²) in [5.74, 6) is -1.09. The summed E-state index contributed by atoms with van der Waals surface area (Å²) in [5.41, 5.74) is 2.39. The molecule has 0 heterocycles. The van der Waals surface area contributed by atoms with E-state index in [9.17, 15) is 19.7 Å². The van der Waals surface area contributed by atoms with E-state index >= 15 is 0 Å². The Morgan fingerprint density at radius 1 is 0.966 bits per heavy atom. The van der Waals surface area contributed by atoms with Crippen molar-refractivity contribution in [2.24, 2.45) is 0 Å². The molecule has 154 valence electrons. The molecule has 0 aliphatic rings. The van der Waals surface area contributed by atoms with E-state index in [1.165, 1.54) is 13.2 Å². The molecule has 0 fully saturated rings. The van der Waals surface area contributed by atoms with Crippen LogP contribution in [0.2, 0.25) is 0 Å². The van der Waals surface area contributed by atoms with E-state index < -0.39 is 23.2 Å². The van der Waals surface area contributed by atoms with Crippen molar-refractivity contribution < 1.29 is 28.7 Å². The first-order chi connectivity index (χ1) is 13.7. The highest BCUT2D eigenvalue weighted by Gasteiger charge is 2.26. The Labute approximate surface area is 168 Å². The standard InChI is InChI=1S/C21H23NO7/c1-6-28-20-9-16(17(22(25)26)10-19(20)27-5)21(24)29-11-18(23)15-8-13(3)12(2)7-14(15)4/h7-10H,6,11H2,1-5H3. The van der Waals surface area contributed by atoms with Gasteiger partial charge in [0.05, 0.1) is 24.7 Å². The number of aryl methyl sites for hydroxylation is 3. The van der Waals surface area contributed by atoms with Crippen LogP contribution in [0.1, 0.15) is 44.3 Å². The second kappa shape index (κ2) is 9.18. The van der Waals surface area contributed by atoms with Gasteiger partial charge in [0.25, 0.3) is 5.69 Å². The number of methoxy groups -OCH3 is 1. The van der Waals surface area contributed by atoms with E-state index in [0.717, 1.165) is 22.8 Å². The first kappa shape index (κ1) is 21.9. The van der Waals surface area contributed by atoms with Crippen molar-refractivity contribution in [3.63, 3.8) is 0 Å². The predicted molar refractivity (Wildman–Crippen MR) is 106 cm³/mol. The van der Waals surface area contributed by atoms with Crippen LogP contribution in [-0.4, -0.2) is 37.0 Å². The van der Waals surface area contributed by atoms with Gasteiger partial charge in [-0.05, 0) is 50.5 Å². The van der Waals surface area contributed by atoms with Gasteiger partial charge in [-0.25, -0.2) is 4.79 Å². The van der Waals surface area contributed by atoms with Crippen molar-refractivity contribution >= 4 is 17.4 Å². The number of nitro groups is 1. The maximum atomic E-state index is 12.5. The number of benzene rings is 2. The fourth-order valence-electron chi connectivity index (χ4n) is 2.84. The molecular weight excluding hydrogens is 378 g/mol. The summed E-state index contributed by atoms with van der Waals surface area (Å²) in [6.45, 7) is 7.08. The summed E-state index contributed by atoms with van der Waals surface area (Å²) in [6.07, 6.45) is 0. The van der Waals surface area contributed by atoms with Crippen LogP contribution in [-0.2, 0) is 4.74 Å². The SMILES string of the molecule is CCOc1cc(C(=O)OCC(=O)c2cc(C)c(C)cc2C)c([N+](=O)[O-])cc1OC. The molecule has 29 heavy (non-hydrogen) atoms. The summed E-state index contributed by atoms with van der Waals surface area (Å²) in [6, 6.07) is 5.91. The zero-order chi connectivity index (χ0) is 21.7. The molecule has 2 aromatic rings. The lowest BCUT2D eigenvalue weighted by atomic mass is 9.98. The van der Waals surface area contributed by atoms with Crippen molar-refractivity contribution in [1.82, 2.24) is 0 Å². The first-order valence-corrected chi connectivity index (χ1v) is 8.97. The zero-order valence-corrected chi connectivity index (χ0v) is 17.0. The van der Waals surface area contributed by atoms with Gasteiger partial charge in [0, 0.05) is 11.6 Å². The molecule has 0 aromatic heterocycles. The Bertz CT molecular complexity index is 966. The fourth-order valence-corrected chi connectivity index (χ4v) is 2.84. The maximum Gasteiger partial charge on any atom is 0.345 e. The Hall–Kier alpha value is -3.42. The molecule has 0 saturated heterocycles. The highest BCUT2D eigenvalue weighted by Crippen LogP contribution is 2.35. The number of carbonyl (C=O) groups is 2. The molecule has 2 aromatic carbocycles. The van der Waals surface area contributed by atoms with Crippen LogP contribution in [0.25, 0.3) is 0 Å². The highest BCUT2D eigenvalue weighted by atomic mass is 16.6. The van der Waals surface area contributed by atoms with E-state index in [1.54, 1.807) is 19.9 Å². The van der Waals surface area contributed by atoms with Gasteiger partial charge in [-0.15, -0.1) is 0 Å². The molecule has 0 N–H and O–H groups in total. The minimum Gasteiger partial charge on any atom is -0.493 e. The van der Waals surface area contributed by atoms with E-state index in [-0.39, 0.29) is 29.5 Å². The minimum atomic E-state index is -0.991. The number of ketones is 1. The molecule has 0 bridgehead atoms. The van der Waals surface area contributed by atoms with Gasteiger partial charge in [-0.2, -0.15) is 0 Å². The molecule has 0 spiro atoms. The molecule has 8 heteroatoms. The smallest absolute Gasteiger partial charge is 0.345 e. The van der Waals surface area contributed by atoms with E-state index in [4.69, 9.17) is 14.2 Å². The lowest BCUT2D eigenvalue weighted by Gasteiger charge is -2.12. The van der Waals surface area contributed by atoms with Gasteiger partial charge in [0.1, 0.15) is 5.56 Å². The predicted octanol–water partition coefficient (Wildman–Crippen LogP) is 3.97. The average molecular weight is 401 g/mol. The Morgan fingerprint density at radius 2 is 1.62 bits per heavy atom. The van der Waals surface area contributed by atoms with Gasteiger partial charge in [-0.1, -0.05) is 6.07 Å². The van der Waals surface area contributed by atoms with Gasteiger partial charge in [-0.3, -0.25) is 14.9 Å². The zero-order valence-electron chi connectivity index (χ0n) is 17.0. The maximum absolute atomic E-state index is 12.5. The molecule has 0 aliphatic heterocycles. The number of rotatable bonds is 8. The van der Waals surface area contributed by atoms with E-state index in [1.807, 2.05) is 19.9 Å². The molecule has 8 nitrogen and oxygen atoms in total. The monoisotopic (exact) mass is 401 g/mol. The molecule has 0 aliphatic carbocycles. The summed E-state index contributed by atoms with van der Waals surface area (Å²) in [5, 5.41) is 11.4. The van der Waals surface area contributed by atoms with Crippen LogP contribution < -0.4 is 9.47 Å². The molecule has 0 amide bonds. The molecule has 0 unspecified atom stereocenters. The van der Waals surface area contributed by atoms with Crippen LogP contribution >= 0.6 is 0 Å². The van der Waals surface area contributed by atoms with Crippen molar-refractivity contribution in [2.75, 3.05) is 20.3 Å². The number of nitro benzene ring substituents is 1. The molecular formula is C21H23NO7. The van der Waals surface area contributed by atoms with Crippen molar-refractivity contribution in [2.45, 2.75) is 27.7 Å². The van der Waals surface area contributed by atoms with Gasteiger partial charge < -0.3 is 14.2 Å². The van der Waals surface area contributed by atoms with Gasteiger partial charge in [0.2, 0.25) is 5.78 Å². The normalized spacial score (nSPS) is 10.4. The second-order valence-electron chi connectivity index (χ2n) is 6.46. The Kier molecular flexibility index (Phi) is 6.93. The van der Waals surface area contributed by atoms with Crippen LogP contribution in [0, 0.1) is 30.9 Å². The van der Waals surface area contributed by atoms with Gasteiger partial charge in [0.15, 0.2) is 18.1 Å². The lowest BCUT2D eigenvalue weighted by molar-refractivity contribution is -0.385. The number of esters is 1. The summed E-state index contributed by atoms with van der Waals surface area (Å²) >= 11 is 0. The molecule has 0 atom stereocenters. The molecule has 0 radical (unpaired) electrons. The first-order valence-electron chi connectivity index (χ1n) is 8.97. The summed E-state index contributed by atoms with van der Waals surface area (Å²) < 4.78 is 15.5. The molecule has 0 saturated carbocycles. The summed E-state index contributed by atoms with van der Waals surface area (Å²) in [4.78, 5) is 35.6. The lowest BCUT2D eigenvalue weighted by Crippen LogP contribution is -2.16. The van der Waals surface area contributed by atoms with E-state index in [2.05, 4.69) is 0 Å². The Balaban J connectivity index is 2.28. The third-order valence-electron chi connectivity index (χ3n) is 4.47.